The van der Waals surface area contributed by atoms with E-state index in [2.05, 4.69) is 10.1 Å². The van der Waals surface area contributed by atoms with Gasteiger partial charge in [-0.1, -0.05) is 11.8 Å². The fourth-order valence-corrected chi connectivity index (χ4v) is 2.07. The molecular weight excluding hydrogens is 290 g/mol. The van der Waals surface area contributed by atoms with E-state index in [4.69, 9.17) is 0 Å². The molecule has 0 aliphatic rings. The molecule has 0 radical (unpaired) electrons. The molecule has 2 aromatic rings. The standard InChI is InChI=1S/C9H7N5O5S/c1-20-9-10-8(15)11-12(9)6-3-2-5(13(16)17)4-7(6)14(18)19/h2-4H,1H3,(H,11,15). The SMILES string of the molecule is CSc1nc(=O)[nH]n1-c1ccc([N+](=O)[O-])cc1[N+](=O)[O-]. The second-order valence-corrected chi connectivity index (χ2v) is 4.31. The highest BCUT2D eigenvalue weighted by Gasteiger charge is 2.22. The number of nitrogens with one attached hydrogen (secondary N) is 1. The summed E-state index contributed by atoms with van der Waals surface area (Å²) in [5.41, 5.74) is -1.57. The number of H-pyrrole nitrogens is 1. The molecule has 0 amide bonds. The van der Waals surface area contributed by atoms with Gasteiger partial charge in [-0.05, 0) is 12.3 Å². The number of thioether (sulfide) groups is 1. The Labute approximate surface area is 114 Å². The quantitative estimate of drug-likeness (QED) is 0.506. The molecule has 1 N–H and O–H groups in total. The van der Waals surface area contributed by atoms with E-state index >= 15 is 0 Å². The fraction of sp³-hybridized carbons (Fsp3) is 0.111. The van der Waals surface area contributed by atoms with E-state index in [-0.39, 0.29) is 10.8 Å². The van der Waals surface area contributed by atoms with Crippen LogP contribution in [0.15, 0.2) is 28.2 Å². The Bertz CT molecular complexity index is 751. The van der Waals surface area contributed by atoms with Crippen LogP contribution in [0.1, 0.15) is 0 Å². The van der Waals surface area contributed by atoms with Gasteiger partial charge in [-0.15, -0.1) is 0 Å². The van der Waals surface area contributed by atoms with Crippen molar-refractivity contribution in [1.29, 1.82) is 0 Å². The maximum absolute atomic E-state index is 11.2. The lowest BCUT2D eigenvalue weighted by Crippen LogP contribution is -2.07. The first-order valence-electron chi connectivity index (χ1n) is 5.10. The molecular formula is C9H7N5O5S. The molecule has 104 valence electrons. The Balaban J connectivity index is 2.70. The summed E-state index contributed by atoms with van der Waals surface area (Å²) in [4.78, 5) is 35.0. The van der Waals surface area contributed by atoms with Gasteiger partial charge in [0.25, 0.3) is 5.69 Å². The molecule has 0 fully saturated rings. The molecule has 0 unspecified atom stereocenters. The van der Waals surface area contributed by atoms with Crippen molar-refractivity contribution in [3.63, 3.8) is 0 Å². The second-order valence-electron chi connectivity index (χ2n) is 3.54. The summed E-state index contributed by atoms with van der Waals surface area (Å²) in [6.45, 7) is 0. The third-order valence-corrected chi connectivity index (χ3v) is 3.02. The number of nitrogens with zero attached hydrogens (tertiary/aromatic N) is 4. The smallest absolute Gasteiger partial charge is 0.258 e. The van der Waals surface area contributed by atoms with Crippen LogP contribution < -0.4 is 5.69 Å². The molecule has 11 heteroatoms. The Morgan fingerprint density at radius 3 is 2.55 bits per heavy atom. The Morgan fingerprint density at radius 2 is 2.00 bits per heavy atom. The molecule has 0 aliphatic heterocycles. The molecule has 0 saturated carbocycles. The highest BCUT2D eigenvalue weighted by atomic mass is 32.2. The predicted octanol–water partition coefficient (Wildman–Crippen LogP) is 1.10. The van der Waals surface area contributed by atoms with Gasteiger partial charge in [0, 0.05) is 6.07 Å². The lowest BCUT2D eigenvalue weighted by molar-refractivity contribution is -0.394. The number of hydrogen-bond acceptors (Lipinski definition) is 7. The normalized spacial score (nSPS) is 10.4. The molecule has 0 spiro atoms. The van der Waals surface area contributed by atoms with Crippen molar-refractivity contribution in [1.82, 2.24) is 14.8 Å². The maximum atomic E-state index is 11.2. The first-order chi connectivity index (χ1) is 9.43. The van der Waals surface area contributed by atoms with Gasteiger partial charge in [0.05, 0.1) is 15.9 Å². The van der Waals surface area contributed by atoms with E-state index in [1.807, 2.05) is 0 Å². The van der Waals surface area contributed by atoms with E-state index < -0.39 is 26.9 Å². The average molecular weight is 297 g/mol. The highest BCUT2D eigenvalue weighted by Crippen LogP contribution is 2.28. The molecule has 20 heavy (non-hydrogen) atoms. The number of aromatic nitrogens is 3. The number of non-ortho nitro benzene ring substituents is 1. The Morgan fingerprint density at radius 1 is 1.30 bits per heavy atom. The van der Waals surface area contributed by atoms with Crippen molar-refractivity contribution >= 4 is 23.1 Å². The summed E-state index contributed by atoms with van der Waals surface area (Å²) >= 11 is 1.11. The summed E-state index contributed by atoms with van der Waals surface area (Å²) in [5, 5.41) is 24.2. The van der Waals surface area contributed by atoms with E-state index in [9.17, 15) is 25.0 Å². The van der Waals surface area contributed by atoms with Crippen LogP contribution in [-0.4, -0.2) is 30.9 Å². The summed E-state index contributed by atoms with van der Waals surface area (Å²) in [5.74, 6) is 0. The van der Waals surface area contributed by atoms with E-state index in [0.29, 0.717) is 0 Å². The lowest BCUT2D eigenvalue weighted by atomic mass is 10.2. The average Bonchev–Trinajstić information content (AvgIpc) is 2.78. The Hall–Kier alpha value is -2.69. The van der Waals surface area contributed by atoms with Crippen molar-refractivity contribution in [3.05, 3.63) is 48.9 Å². The van der Waals surface area contributed by atoms with Crippen LogP contribution in [-0.2, 0) is 0 Å². The summed E-state index contributed by atoms with van der Waals surface area (Å²) in [7, 11) is 0. The lowest BCUT2D eigenvalue weighted by Gasteiger charge is -2.05. The van der Waals surface area contributed by atoms with Gasteiger partial charge in [0.2, 0.25) is 0 Å². The van der Waals surface area contributed by atoms with E-state index in [0.717, 1.165) is 28.6 Å². The second kappa shape index (κ2) is 5.13. The van der Waals surface area contributed by atoms with Crippen molar-refractivity contribution in [2.75, 3.05) is 6.26 Å². The molecule has 1 heterocycles. The molecule has 0 bridgehead atoms. The van der Waals surface area contributed by atoms with Gasteiger partial charge >= 0.3 is 11.4 Å². The first-order valence-corrected chi connectivity index (χ1v) is 6.32. The fourth-order valence-electron chi connectivity index (χ4n) is 1.57. The minimum Gasteiger partial charge on any atom is -0.258 e. The van der Waals surface area contributed by atoms with Gasteiger partial charge in [-0.3, -0.25) is 20.2 Å². The molecule has 10 nitrogen and oxygen atoms in total. The van der Waals surface area contributed by atoms with Crippen LogP contribution in [0.5, 0.6) is 0 Å². The van der Waals surface area contributed by atoms with Crippen LogP contribution in [0.2, 0.25) is 0 Å². The number of benzene rings is 1. The van der Waals surface area contributed by atoms with E-state index in [1.54, 1.807) is 6.26 Å². The van der Waals surface area contributed by atoms with Crippen molar-refractivity contribution < 1.29 is 9.85 Å². The highest BCUT2D eigenvalue weighted by molar-refractivity contribution is 7.98. The minimum absolute atomic E-state index is 0.000417. The summed E-state index contributed by atoms with van der Waals surface area (Å²) in [6.07, 6.45) is 1.64. The number of nitro groups is 2. The maximum Gasteiger partial charge on any atom is 0.362 e. The third kappa shape index (κ3) is 2.38. The van der Waals surface area contributed by atoms with Crippen molar-refractivity contribution in [3.8, 4) is 5.69 Å². The molecule has 1 aromatic carbocycles. The Kier molecular flexibility index (Phi) is 3.52. The zero-order valence-electron chi connectivity index (χ0n) is 9.97. The zero-order chi connectivity index (χ0) is 14.9. The van der Waals surface area contributed by atoms with Gasteiger partial charge in [-0.2, -0.15) is 4.98 Å². The van der Waals surface area contributed by atoms with Gasteiger partial charge < -0.3 is 0 Å². The van der Waals surface area contributed by atoms with Gasteiger partial charge in [-0.25, -0.2) is 14.6 Å². The van der Waals surface area contributed by atoms with Crippen LogP contribution in [0.3, 0.4) is 0 Å². The van der Waals surface area contributed by atoms with Gasteiger partial charge in [0.1, 0.15) is 5.69 Å². The minimum atomic E-state index is -0.759. The monoisotopic (exact) mass is 297 g/mol. The molecule has 2 rings (SSSR count). The summed E-state index contributed by atoms with van der Waals surface area (Å²) < 4.78 is 1.12. The van der Waals surface area contributed by atoms with Crippen LogP contribution in [0.25, 0.3) is 5.69 Å². The van der Waals surface area contributed by atoms with Crippen LogP contribution >= 0.6 is 11.8 Å². The van der Waals surface area contributed by atoms with Crippen LogP contribution in [0.4, 0.5) is 11.4 Å². The molecule has 0 atom stereocenters. The summed E-state index contributed by atoms with van der Waals surface area (Å²) in [6, 6.07) is 3.14. The largest absolute Gasteiger partial charge is 0.362 e. The third-order valence-electron chi connectivity index (χ3n) is 2.39. The zero-order valence-corrected chi connectivity index (χ0v) is 10.8. The molecule has 0 saturated heterocycles. The van der Waals surface area contributed by atoms with Crippen molar-refractivity contribution in [2.45, 2.75) is 5.16 Å². The first kappa shape index (κ1) is 13.7. The topological polar surface area (TPSA) is 137 Å². The number of nitro benzene ring substituents is 2. The molecule has 1 aromatic heterocycles. The number of hydrogen-bond donors (Lipinski definition) is 1. The number of aromatic amines is 1. The van der Waals surface area contributed by atoms with Crippen molar-refractivity contribution in [2.24, 2.45) is 0 Å². The molecule has 0 aliphatic carbocycles. The van der Waals surface area contributed by atoms with Gasteiger partial charge in [0.15, 0.2) is 5.16 Å². The number of rotatable bonds is 4. The van der Waals surface area contributed by atoms with Crippen LogP contribution in [0, 0.1) is 20.2 Å². The predicted molar refractivity (Wildman–Crippen MR) is 69.3 cm³/mol. The van der Waals surface area contributed by atoms with E-state index in [1.165, 1.54) is 6.07 Å².